The van der Waals surface area contributed by atoms with Crippen molar-refractivity contribution in [3.8, 4) is 5.88 Å². The molecule has 5 nitrogen and oxygen atoms in total. The van der Waals surface area contributed by atoms with Crippen LogP contribution in [0.4, 0.5) is 0 Å². The first-order valence-corrected chi connectivity index (χ1v) is 3.79. The zero-order valence-electron chi connectivity index (χ0n) is 5.90. The molecule has 1 rings (SSSR count). The number of rotatable bonds is 3. The zero-order valence-corrected chi connectivity index (χ0v) is 7.48. The smallest absolute Gasteiger partial charge is 0.293 e. The summed E-state index contributed by atoms with van der Waals surface area (Å²) >= 11 is 3.06. The van der Waals surface area contributed by atoms with Crippen molar-refractivity contribution in [1.82, 2.24) is 9.97 Å². The fourth-order valence-corrected chi connectivity index (χ4v) is 0.923. The van der Waals surface area contributed by atoms with Crippen LogP contribution < -0.4 is 0 Å². The van der Waals surface area contributed by atoms with Gasteiger partial charge in [-0.05, 0) is 15.9 Å². The van der Waals surface area contributed by atoms with Gasteiger partial charge in [-0.25, -0.2) is 9.97 Å². The zero-order chi connectivity index (χ0) is 8.97. The number of aromatic hydroxyl groups is 1. The van der Waals surface area contributed by atoms with Crippen LogP contribution in [0.1, 0.15) is 5.69 Å². The van der Waals surface area contributed by atoms with Crippen molar-refractivity contribution in [1.29, 1.82) is 0 Å². The summed E-state index contributed by atoms with van der Waals surface area (Å²) in [4.78, 5) is 17.2. The topological polar surface area (TPSA) is 72.3 Å². The van der Waals surface area contributed by atoms with Gasteiger partial charge in [0.25, 0.3) is 6.47 Å². The van der Waals surface area contributed by atoms with Crippen LogP contribution in [-0.4, -0.2) is 21.5 Å². The van der Waals surface area contributed by atoms with Crippen LogP contribution in [0, 0.1) is 0 Å². The van der Waals surface area contributed by atoms with Gasteiger partial charge in [-0.1, -0.05) is 0 Å². The Balaban J connectivity index is 2.82. The van der Waals surface area contributed by atoms with E-state index in [2.05, 4.69) is 30.6 Å². The Morgan fingerprint density at radius 1 is 1.75 bits per heavy atom. The van der Waals surface area contributed by atoms with Crippen molar-refractivity contribution < 1.29 is 14.6 Å². The minimum Gasteiger partial charge on any atom is -0.492 e. The van der Waals surface area contributed by atoms with Gasteiger partial charge < -0.3 is 9.84 Å². The van der Waals surface area contributed by atoms with E-state index in [4.69, 9.17) is 5.11 Å². The van der Waals surface area contributed by atoms with E-state index in [1.807, 2.05) is 0 Å². The molecule has 0 atom stereocenters. The summed E-state index contributed by atoms with van der Waals surface area (Å²) in [5.74, 6) is -0.236. The quantitative estimate of drug-likeness (QED) is 0.774. The van der Waals surface area contributed by atoms with Crippen LogP contribution in [0.5, 0.6) is 5.88 Å². The van der Waals surface area contributed by atoms with Crippen LogP contribution >= 0.6 is 15.9 Å². The van der Waals surface area contributed by atoms with Gasteiger partial charge in [0.2, 0.25) is 5.88 Å². The molecule has 0 spiro atoms. The molecule has 0 fully saturated rings. The molecule has 0 saturated heterocycles. The van der Waals surface area contributed by atoms with Crippen molar-refractivity contribution in [2.75, 3.05) is 0 Å². The van der Waals surface area contributed by atoms with Gasteiger partial charge in [0, 0.05) is 0 Å². The average molecular weight is 233 g/mol. The van der Waals surface area contributed by atoms with Crippen molar-refractivity contribution >= 4 is 22.4 Å². The summed E-state index contributed by atoms with van der Waals surface area (Å²) in [6.45, 7) is 0.198. The summed E-state index contributed by atoms with van der Waals surface area (Å²) in [6, 6.07) is 0. The van der Waals surface area contributed by atoms with Gasteiger partial charge >= 0.3 is 0 Å². The van der Waals surface area contributed by atoms with E-state index in [1.54, 1.807) is 0 Å². The third-order valence-electron chi connectivity index (χ3n) is 1.08. The molecule has 1 aromatic heterocycles. The fraction of sp³-hybridized carbons (Fsp3) is 0.167. The van der Waals surface area contributed by atoms with Crippen molar-refractivity contribution in [2.24, 2.45) is 0 Å². The lowest BCUT2D eigenvalue weighted by Gasteiger charge is -2.00. The molecule has 0 saturated carbocycles. The standard InChI is InChI=1S/C6H5BrN2O3/c7-5-1-8-6(11)4(9-5)2-12-3-10/h1,3H,2H2,(H,8,11). The van der Waals surface area contributed by atoms with Crippen LogP contribution in [0.2, 0.25) is 0 Å². The van der Waals surface area contributed by atoms with Crippen LogP contribution in [0.25, 0.3) is 0 Å². The Morgan fingerprint density at radius 2 is 2.50 bits per heavy atom. The highest BCUT2D eigenvalue weighted by molar-refractivity contribution is 9.10. The van der Waals surface area contributed by atoms with Gasteiger partial charge in [0.05, 0.1) is 6.20 Å². The van der Waals surface area contributed by atoms with E-state index in [0.717, 1.165) is 0 Å². The molecule has 0 aromatic carbocycles. The molecular weight excluding hydrogens is 228 g/mol. The molecule has 1 heterocycles. The maximum atomic E-state index is 9.81. The van der Waals surface area contributed by atoms with Gasteiger partial charge in [-0.2, -0.15) is 0 Å². The van der Waals surface area contributed by atoms with Gasteiger partial charge in [-0.3, -0.25) is 4.79 Å². The third kappa shape index (κ3) is 2.16. The molecule has 12 heavy (non-hydrogen) atoms. The predicted molar refractivity (Wildman–Crippen MR) is 42.2 cm³/mol. The molecule has 0 amide bonds. The van der Waals surface area contributed by atoms with Crippen molar-refractivity contribution in [3.63, 3.8) is 0 Å². The summed E-state index contributed by atoms with van der Waals surface area (Å²) in [6.07, 6.45) is 1.35. The first-order chi connectivity index (χ1) is 5.74. The lowest BCUT2D eigenvalue weighted by Crippen LogP contribution is -1.96. The minimum atomic E-state index is -0.236. The molecule has 0 radical (unpaired) electrons. The SMILES string of the molecule is O=COCc1nc(Br)cnc1O. The maximum absolute atomic E-state index is 9.81. The molecule has 0 aliphatic heterocycles. The Kier molecular flexibility index (Phi) is 2.98. The van der Waals surface area contributed by atoms with Crippen LogP contribution in [-0.2, 0) is 16.1 Å². The number of carbonyl (C=O) groups is 1. The Morgan fingerprint density at radius 3 is 3.17 bits per heavy atom. The summed E-state index contributed by atoms with van der Waals surface area (Å²) in [5, 5.41) is 9.07. The lowest BCUT2D eigenvalue weighted by molar-refractivity contribution is -0.129. The Hall–Kier alpha value is -1.17. The van der Waals surface area contributed by atoms with Crippen LogP contribution in [0.3, 0.4) is 0 Å². The summed E-state index contributed by atoms with van der Waals surface area (Å²) < 4.78 is 4.87. The fourth-order valence-electron chi connectivity index (χ4n) is 0.606. The minimum absolute atomic E-state index is 0.0816. The maximum Gasteiger partial charge on any atom is 0.293 e. The number of aromatic nitrogens is 2. The molecule has 1 N–H and O–H groups in total. The first kappa shape index (κ1) is 8.92. The summed E-state index contributed by atoms with van der Waals surface area (Å²) in [5.41, 5.74) is 0.219. The third-order valence-corrected chi connectivity index (χ3v) is 1.46. The molecular formula is C6H5BrN2O3. The first-order valence-electron chi connectivity index (χ1n) is 2.99. The molecule has 0 unspecified atom stereocenters. The molecule has 0 bridgehead atoms. The molecule has 0 aliphatic rings. The number of hydrogen-bond acceptors (Lipinski definition) is 5. The summed E-state index contributed by atoms with van der Waals surface area (Å²) in [7, 11) is 0. The van der Waals surface area contributed by atoms with E-state index < -0.39 is 0 Å². The second kappa shape index (κ2) is 4.01. The number of ether oxygens (including phenoxy) is 1. The van der Waals surface area contributed by atoms with Gasteiger partial charge in [0.15, 0.2) is 0 Å². The monoisotopic (exact) mass is 232 g/mol. The van der Waals surface area contributed by atoms with Gasteiger partial charge in [0.1, 0.15) is 16.9 Å². The lowest BCUT2D eigenvalue weighted by atomic mass is 10.4. The Labute approximate surface area is 76.5 Å². The number of nitrogens with zero attached hydrogens (tertiary/aromatic N) is 2. The molecule has 0 aliphatic carbocycles. The van der Waals surface area contributed by atoms with E-state index >= 15 is 0 Å². The van der Waals surface area contributed by atoms with E-state index in [1.165, 1.54) is 6.20 Å². The Bertz CT molecular complexity index is 292. The molecule has 6 heteroatoms. The highest BCUT2D eigenvalue weighted by Crippen LogP contribution is 2.14. The highest BCUT2D eigenvalue weighted by atomic mass is 79.9. The molecule has 1 aromatic rings. The number of carbonyl (C=O) groups excluding carboxylic acids is 1. The van der Waals surface area contributed by atoms with E-state index in [-0.39, 0.29) is 24.7 Å². The van der Waals surface area contributed by atoms with E-state index in [9.17, 15) is 4.79 Å². The normalized spacial score (nSPS) is 9.42. The molecule has 64 valence electrons. The van der Waals surface area contributed by atoms with Crippen molar-refractivity contribution in [3.05, 3.63) is 16.5 Å². The second-order valence-electron chi connectivity index (χ2n) is 1.87. The van der Waals surface area contributed by atoms with Crippen LogP contribution in [0.15, 0.2) is 10.8 Å². The van der Waals surface area contributed by atoms with Crippen molar-refractivity contribution in [2.45, 2.75) is 6.61 Å². The number of halogens is 1. The predicted octanol–water partition coefficient (Wildman–Crippen LogP) is 0.618. The second-order valence-corrected chi connectivity index (χ2v) is 2.68. The average Bonchev–Trinajstić information content (AvgIpc) is 2.07. The largest absolute Gasteiger partial charge is 0.492 e. The van der Waals surface area contributed by atoms with Gasteiger partial charge in [-0.15, -0.1) is 0 Å². The van der Waals surface area contributed by atoms with E-state index in [0.29, 0.717) is 4.60 Å². The number of hydrogen-bond donors (Lipinski definition) is 1. The highest BCUT2D eigenvalue weighted by Gasteiger charge is 2.04.